The van der Waals surface area contributed by atoms with Gasteiger partial charge in [0.15, 0.2) is 10.9 Å². The summed E-state index contributed by atoms with van der Waals surface area (Å²) in [6, 6.07) is 20.2. The lowest BCUT2D eigenvalue weighted by molar-refractivity contribution is -0.384. The summed E-state index contributed by atoms with van der Waals surface area (Å²) in [6.45, 7) is 1.51. The minimum atomic E-state index is -0.562. The van der Waals surface area contributed by atoms with Gasteiger partial charge in [-0.15, -0.1) is 0 Å². The smallest absolute Gasteiger partial charge is 0.293 e. The third kappa shape index (κ3) is 5.47. The summed E-state index contributed by atoms with van der Waals surface area (Å²) in [5.74, 6) is -0.742. The summed E-state index contributed by atoms with van der Waals surface area (Å²) < 4.78 is 5.58. The number of anilines is 3. The second-order valence-electron chi connectivity index (χ2n) is 8.74. The number of rotatable bonds is 6. The van der Waals surface area contributed by atoms with Gasteiger partial charge in [-0.25, -0.2) is 0 Å². The number of hydrogen-bond acceptors (Lipinski definition) is 7. The lowest BCUT2D eigenvalue weighted by Crippen LogP contribution is -2.34. The van der Waals surface area contributed by atoms with Crippen LogP contribution in [0.5, 0.6) is 0 Å². The van der Waals surface area contributed by atoms with E-state index in [0.29, 0.717) is 22.6 Å². The molecule has 10 nitrogen and oxygen atoms in total. The van der Waals surface area contributed by atoms with E-state index in [1.165, 1.54) is 6.07 Å². The van der Waals surface area contributed by atoms with Crippen molar-refractivity contribution in [2.24, 2.45) is 0 Å². The van der Waals surface area contributed by atoms with Crippen LogP contribution in [-0.4, -0.2) is 34.9 Å². The molecule has 11 heteroatoms. The van der Waals surface area contributed by atoms with Crippen LogP contribution in [0.3, 0.4) is 0 Å². The average Bonchev–Trinajstić information content (AvgIpc) is 3.60. The first-order valence-corrected chi connectivity index (χ1v) is 12.3. The lowest BCUT2D eigenvalue weighted by atomic mass is 10.1. The quantitative estimate of drug-likeness (QED) is 0.174. The summed E-state index contributed by atoms with van der Waals surface area (Å²) >= 11 is 5.24. The number of furan rings is 1. The summed E-state index contributed by atoms with van der Waals surface area (Å²) in [7, 11) is 0. The summed E-state index contributed by atoms with van der Waals surface area (Å²) in [5, 5.41) is 20.7. The van der Waals surface area contributed by atoms with Crippen LogP contribution in [0, 0.1) is 10.1 Å². The van der Waals surface area contributed by atoms with Gasteiger partial charge in [-0.3, -0.25) is 25.0 Å². The van der Waals surface area contributed by atoms with Crippen molar-refractivity contribution in [2.45, 2.75) is 12.8 Å². The van der Waals surface area contributed by atoms with Crippen molar-refractivity contribution in [3.63, 3.8) is 0 Å². The highest BCUT2D eigenvalue weighted by Gasteiger charge is 2.24. The molecule has 38 heavy (non-hydrogen) atoms. The highest BCUT2D eigenvalue weighted by atomic mass is 32.1. The second kappa shape index (κ2) is 10.7. The molecule has 1 aliphatic rings. The van der Waals surface area contributed by atoms with Crippen LogP contribution in [0.15, 0.2) is 77.2 Å². The Morgan fingerprint density at radius 3 is 2.26 bits per heavy atom. The Kier molecular flexibility index (Phi) is 7.00. The SMILES string of the molecule is O=C(NC(=S)Nc1ccc(NC(=O)c2cc3ccccc3o2)cc1)c1ccc(N2CCCC2)c([N+](=O)[O-])c1. The Bertz CT molecular complexity index is 1510. The lowest BCUT2D eigenvalue weighted by Gasteiger charge is -2.18. The molecule has 0 spiro atoms. The number of hydrogen-bond donors (Lipinski definition) is 3. The standard InChI is InChI=1S/C27H23N5O5S/c33-25(18-7-12-21(22(15-18)32(35)36)31-13-3-4-14-31)30-27(38)29-20-10-8-19(9-11-20)28-26(34)24-16-17-5-1-2-6-23(17)37-24/h1-2,5-12,15-16H,3-4,13-14H2,(H,28,34)(H2,29,30,33,38). The van der Waals surface area contributed by atoms with Gasteiger partial charge < -0.3 is 20.0 Å². The van der Waals surface area contributed by atoms with E-state index < -0.39 is 10.8 Å². The molecule has 3 aromatic carbocycles. The predicted molar refractivity (Wildman–Crippen MR) is 149 cm³/mol. The maximum absolute atomic E-state index is 12.7. The molecule has 0 bridgehead atoms. The number of amides is 2. The van der Waals surface area contributed by atoms with Crippen LogP contribution >= 0.6 is 12.2 Å². The first-order chi connectivity index (χ1) is 18.4. The van der Waals surface area contributed by atoms with Gasteiger partial charge in [-0.05, 0) is 73.6 Å². The van der Waals surface area contributed by atoms with Crippen LogP contribution in [0.25, 0.3) is 11.0 Å². The molecule has 0 unspecified atom stereocenters. The zero-order chi connectivity index (χ0) is 26.6. The van der Waals surface area contributed by atoms with Gasteiger partial charge in [0.1, 0.15) is 11.3 Å². The maximum Gasteiger partial charge on any atom is 0.293 e. The van der Waals surface area contributed by atoms with E-state index in [9.17, 15) is 19.7 Å². The minimum Gasteiger partial charge on any atom is -0.451 e. The van der Waals surface area contributed by atoms with Crippen molar-refractivity contribution in [1.82, 2.24) is 5.32 Å². The Morgan fingerprint density at radius 2 is 1.58 bits per heavy atom. The van der Waals surface area contributed by atoms with Gasteiger partial charge in [0, 0.05) is 41.5 Å². The Morgan fingerprint density at radius 1 is 0.895 bits per heavy atom. The normalized spacial score (nSPS) is 12.8. The fourth-order valence-corrected chi connectivity index (χ4v) is 4.51. The van der Waals surface area contributed by atoms with E-state index >= 15 is 0 Å². The molecule has 1 saturated heterocycles. The van der Waals surface area contributed by atoms with E-state index in [4.69, 9.17) is 16.6 Å². The molecule has 0 radical (unpaired) electrons. The highest BCUT2D eigenvalue weighted by Crippen LogP contribution is 2.31. The zero-order valence-corrected chi connectivity index (χ0v) is 20.9. The first kappa shape index (κ1) is 24.9. The first-order valence-electron chi connectivity index (χ1n) is 11.9. The molecule has 0 saturated carbocycles. The van der Waals surface area contributed by atoms with E-state index in [0.717, 1.165) is 31.3 Å². The Hall–Kier alpha value is -4.77. The molecule has 2 heterocycles. The molecule has 0 aliphatic carbocycles. The third-order valence-corrected chi connectivity index (χ3v) is 6.36. The molecule has 4 aromatic rings. The van der Waals surface area contributed by atoms with Gasteiger partial charge in [0.25, 0.3) is 17.5 Å². The van der Waals surface area contributed by atoms with Crippen LogP contribution in [0.1, 0.15) is 33.8 Å². The summed E-state index contributed by atoms with van der Waals surface area (Å²) in [6.07, 6.45) is 1.96. The van der Waals surface area contributed by atoms with Crippen LogP contribution in [-0.2, 0) is 0 Å². The number of benzene rings is 3. The number of nitrogens with one attached hydrogen (secondary N) is 3. The van der Waals surface area contributed by atoms with E-state index in [-0.39, 0.29) is 28.0 Å². The third-order valence-electron chi connectivity index (χ3n) is 6.16. The van der Waals surface area contributed by atoms with Gasteiger partial charge in [0.2, 0.25) is 0 Å². The summed E-state index contributed by atoms with van der Waals surface area (Å²) in [5.41, 5.74) is 2.28. The van der Waals surface area contributed by atoms with E-state index in [1.54, 1.807) is 48.5 Å². The number of nitrogens with zero attached hydrogens (tertiary/aromatic N) is 2. The number of nitro groups is 1. The molecule has 1 aromatic heterocycles. The molecule has 3 N–H and O–H groups in total. The highest BCUT2D eigenvalue weighted by molar-refractivity contribution is 7.80. The van der Waals surface area contributed by atoms with E-state index in [2.05, 4.69) is 16.0 Å². The van der Waals surface area contributed by atoms with Crippen molar-refractivity contribution in [1.29, 1.82) is 0 Å². The van der Waals surface area contributed by atoms with Crippen molar-refractivity contribution < 1.29 is 18.9 Å². The number of carbonyl (C=O) groups excluding carboxylic acids is 2. The van der Waals surface area contributed by atoms with Crippen LogP contribution in [0.2, 0.25) is 0 Å². The van der Waals surface area contributed by atoms with Gasteiger partial charge in [-0.2, -0.15) is 0 Å². The van der Waals surface area contributed by atoms with Crippen LogP contribution < -0.4 is 20.9 Å². The number of para-hydroxylation sites is 1. The van der Waals surface area contributed by atoms with Gasteiger partial charge in [0.05, 0.1) is 4.92 Å². The van der Waals surface area contributed by atoms with Crippen molar-refractivity contribution in [2.75, 3.05) is 28.6 Å². The van der Waals surface area contributed by atoms with E-state index in [1.807, 2.05) is 23.1 Å². The molecule has 2 amide bonds. The largest absolute Gasteiger partial charge is 0.451 e. The maximum atomic E-state index is 12.7. The zero-order valence-electron chi connectivity index (χ0n) is 20.1. The second-order valence-corrected chi connectivity index (χ2v) is 9.15. The molecule has 0 atom stereocenters. The Balaban J connectivity index is 1.18. The molecule has 192 valence electrons. The fourth-order valence-electron chi connectivity index (χ4n) is 4.30. The number of carbonyl (C=O) groups is 2. The van der Waals surface area contributed by atoms with Crippen LogP contribution in [0.4, 0.5) is 22.7 Å². The van der Waals surface area contributed by atoms with Gasteiger partial charge >= 0.3 is 0 Å². The summed E-state index contributed by atoms with van der Waals surface area (Å²) in [4.78, 5) is 38.3. The Labute approximate surface area is 222 Å². The van der Waals surface area contributed by atoms with Crippen molar-refractivity contribution >= 4 is 62.9 Å². The van der Waals surface area contributed by atoms with Crippen molar-refractivity contribution in [3.8, 4) is 0 Å². The average molecular weight is 530 g/mol. The number of fused-ring (bicyclic) bond motifs is 1. The fraction of sp³-hybridized carbons (Fsp3) is 0.148. The minimum absolute atomic E-state index is 0.0281. The van der Waals surface area contributed by atoms with Crippen molar-refractivity contribution in [3.05, 3.63) is 94.2 Å². The molecular formula is C27H23N5O5S. The number of nitro benzene ring substituents is 1. The molecular weight excluding hydrogens is 506 g/mol. The monoisotopic (exact) mass is 529 g/mol. The molecule has 1 aliphatic heterocycles. The molecule has 5 rings (SSSR count). The topological polar surface area (TPSA) is 130 Å². The predicted octanol–water partition coefficient (Wildman–Crippen LogP) is 5.32. The number of thiocarbonyl (C=S) groups is 1. The van der Waals surface area contributed by atoms with Gasteiger partial charge in [-0.1, -0.05) is 18.2 Å². The molecule has 1 fully saturated rings.